The first-order valence-electron chi connectivity index (χ1n) is 5.10. The van der Waals surface area contributed by atoms with E-state index in [0.717, 1.165) is 4.90 Å². The first-order valence-corrected chi connectivity index (χ1v) is 5.91. The highest BCUT2D eigenvalue weighted by atomic mass is 32.2. The van der Waals surface area contributed by atoms with Crippen molar-refractivity contribution in [2.24, 2.45) is 0 Å². The SMILES string of the molecule is Cc1ccccc1Sc1ncc(N)cc1C#N. The Morgan fingerprint density at radius 1 is 1.35 bits per heavy atom. The van der Waals surface area contributed by atoms with Gasteiger partial charge in [-0.15, -0.1) is 0 Å². The van der Waals surface area contributed by atoms with Gasteiger partial charge in [-0.1, -0.05) is 30.0 Å². The van der Waals surface area contributed by atoms with Crippen LogP contribution in [0.15, 0.2) is 46.5 Å². The lowest BCUT2D eigenvalue weighted by Crippen LogP contribution is -1.92. The molecule has 17 heavy (non-hydrogen) atoms. The monoisotopic (exact) mass is 241 g/mol. The Balaban J connectivity index is 2.37. The van der Waals surface area contributed by atoms with Crippen molar-refractivity contribution in [3.05, 3.63) is 47.7 Å². The lowest BCUT2D eigenvalue weighted by atomic mass is 10.2. The fraction of sp³-hybridized carbons (Fsp3) is 0.0769. The quantitative estimate of drug-likeness (QED) is 0.878. The predicted octanol–water partition coefficient (Wildman–Crippen LogP) is 3.00. The van der Waals surface area contributed by atoms with Gasteiger partial charge in [0.25, 0.3) is 0 Å². The first-order chi connectivity index (χ1) is 8.20. The van der Waals surface area contributed by atoms with Gasteiger partial charge in [0, 0.05) is 4.90 Å². The van der Waals surface area contributed by atoms with Gasteiger partial charge < -0.3 is 5.73 Å². The zero-order valence-corrected chi connectivity index (χ0v) is 10.2. The highest BCUT2D eigenvalue weighted by molar-refractivity contribution is 7.99. The minimum absolute atomic E-state index is 0.510. The van der Waals surface area contributed by atoms with Crippen LogP contribution in [0.3, 0.4) is 0 Å². The van der Waals surface area contributed by atoms with Gasteiger partial charge in [0.05, 0.1) is 17.4 Å². The van der Waals surface area contributed by atoms with E-state index in [1.807, 2.05) is 31.2 Å². The van der Waals surface area contributed by atoms with Gasteiger partial charge >= 0.3 is 0 Å². The smallest absolute Gasteiger partial charge is 0.119 e. The fourth-order valence-electron chi connectivity index (χ4n) is 1.40. The molecule has 2 rings (SSSR count). The van der Waals surface area contributed by atoms with E-state index < -0.39 is 0 Å². The van der Waals surface area contributed by atoms with Crippen molar-refractivity contribution in [1.29, 1.82) is 5.26 Å². The van der Waals surface area contributed by atoms with Crippen LogP contribution < -0.4 is 5.73 Å². The van der Waals surface area contributed by atoms with Crippen LogP contribution >= 0.6 is 11.8 Å². The standard InChI is InChI=1S/C13H11N3S/c1-9-4-2-3-5-12(9)17-13-10(7-14)6-11(15)8-16-13/h2-6,8H,15H2,1H3. The normalized spacial score (nSPS) is 9.88. The number of nitriles is 1. The summed E-state index contributed by atoms with van der Waals surface area (Å²) in [6.07, 6.45) is 1.57. The van der Waals surface area contributed by atoms with Gasteiger partial charge in [0.1, 0.15) is 11.1 Å². The summed E-state index contributed by atoms with van der Waals surface area (Å²) in [5.74, 6) is 0. The molecule has 1 heterocycles. The summed E-state index contributed by atoms with van der Waals surface area (Å²) in [6.45, 7) is 2.03. The average Bonchev–Trinajstić information content (AvgIpc) is 2.34. The number of anilines is 1. The lowest BCUT2D eigenvalue weighted by molar-refractivity contribution is 1.11. The molecule has 0 spiro atoms. The molecule has 0 aliphatic carbocycles. The second-order valence-electron chi connectivity index (χ2n) is 3.60. The number of nitrogens with two attached hydrogens (primary N) is 1. The van der Waals surface area contributed by atoms with Crippen LogP contribution in [0.5, 0.6) is 0 Å². The Bertz CT molecular complexity index is 587. The summed E-state index contributed by atoms with van der Waals surface area (Å²) in [5.41, 5.74) is 7.79. The van der Waals surface area contributed by atoms with E-state index in [0.29, 0.717) is 16.3 Å². The fourth-order valence-corrected chi connectivity index (χ4v) is 2.31. The van der Waals surface area contributed by atoms with E-state index in [1.54, 1.807) is 12.3 Å². The van der Waals surface area contributed by atoms with E-state index in [1.165, 1.54) is 17.3 Å². The Labute approximate surface area is 104 Å². The molecule has 0 aliphatic heterocycles. The van der Waals surface area contributed by atoms with Crippen molar-refractivity contribution >= 4 is 17.4 Å². The van der Waals surface area contributed by atoms with Crippen LogP contribution in [0.25, 0.3) is 0 Å². The second-order valence-corrected chi connectivity index (χ2v) is 4.63. The van der Waals surface area contributed by atoms with Gasteiger partial charge in [0.2, 0.25) is 0 Å². The van der Waals surface area contributed by atoms with E-state index >= 15 is 0 Å². The molecule has 0 unspecified atom stereocenters. The Kier molecular flexibility index (Phi) is 3.31. The minimum Gasteiger partial charge on any atom is -0.397 e. The Morgan fingerprint density at radius 3 is 2.82 bits per heavy atom. The van der Waals surface area contributed by atoms with Gasteiger partial charge in [0.15, 0.2) is 0 Å². The van der Waals surface area contributed by atoms with Crippen LogP contribution in [0.2, 0.25) is 0 Å². The largest absolute Gasteiger partial charge is 0.397 e. The zero-order chi connectivity index (χ0) is 12.3. The molecule has 84 valence electrons. The number of hydrogen-bond acceptors (Lipinski definition) is 4. The third kappa shape index (κ3) is 2.58. The summed E-state index contributed by atoms with van der Waals surface area (Å²) in [6, 6.07) is 11.8. The van der Waals surface area contributed by atoms with Gasteiger partial charge in [-0.25, -0.2) is 4.98 Å². The van der Waals surface area contributed by atoms with Crippen molar-refractivity contribution in [3.8, 4) is 6.07 Å². The number of aromatic nitrogens is 1. The number of nitrogens with zero attached hydrogens (tertiary/aromatic N) is 2. The van der Waals surface area contributed by atoms with Crippen LogP contribution in [0.4, 0.5) is 5.69 Å². The molecule has 0 bridgehead atoms. The molecule has 3 nitrogen and oxygen atoms in total. The Morgan fingerprint density at radius 2 is 2.12 bits per heavy atom. The molecular formula is C13H11N3S. The Hall–Kier alpha value is -1.99. The third-order valence-electron chi connectivity index (χ3n) is 2.29. The number of pyridine rings is 1. The third-order valence-corrected chi connectivity index (χ3v) is 3.49. The van der Waals surface area contributed by atoms with Gasteiger partial charge in [-0.2, -0.15) is 5.26 Å². The summed E-state index contributed by atoms with van der Waals surface area (Å²) >= 11 is 1.48. The lowest BCUT2D eigenvalue weighted by Gasteiger charge is -2.06. The summed E-state index contributed by atoms with van der Waals surface area (Å²) in [4.78, 5) is 5.30. The topological polar surface area (TPSA) is 62.7 Å². The van der Waals surface area contributed by atoms with E-state index in [2.05, 4.69) is 11.1 Å². The van der Waals surface area contributed by atoms with Crippen LogP contribution in [0, 0.1) is 18.3 Å². The molecular weight excluding hydrogens is 230 g/mol. The molecule has 2 N–H and O–H groups in total. The summed E-state index contributed by atoms with van der Waals surface area (Å²) in [5, 5.41) is 9.72. The molecule has 1 aromatic carbocycles. The molecule has 0 radical (unpaired) electrons. The van der Waals surface area contributed by atoms with E-state index in [-0.39, 0.29) is 0 Å². The molecule has 0 amide bonds. The molecule has 0 fully saturated rings. The molecule has 2 aromatic rings. The highest BCUT2D eigenvalue weighted by Gasteiger charge is 2.07. The van der Waals surface area contributed by atoms with Crippen molar-refractivity contribution in [2.75, 3.05) is 5.73 Å². The second kappa shape index (κ2) is 4.89. The number of rotatable bonds is 2. The van der Waals surface area contributed by atoms with Crippen LogP contribution in [-0.4, -0.2) is 4.98 Å². The maximum atomic E-state index is 9.03. The molecule has 0 aliphatic rings. The van der Waals surface area contributed by atoms with Gasteiger partial charge in [-0.3, -0.25) is 0 Å². The van der Waals surface area contributed by atoms with Crippen molar-refractivity contribution in [3.63, 3.8) is 0 Å². The molecule has 0 saturated carbocycles. The molecule has 1 aromatic heterocycles. The maximum absolute atomic E-state index is 9.03. The van der Waals surface area contributed by atoms with Gasteiger partial charge in [-0.05, 0) is 24.6 Å². The molecule has 0 saturated heterocycles. The molecule has 4 heteroatoms. The van der Waals surface area contributed by atoms with Crippen LogP contribution in [-0.2, 0) is 0 Å². The number of benzene rings is 1. The number of nitrogen functional groups attached to an aromatic ring is 1. The highest BCUT2D eigenvalue weighted by Crippen LogP contribution is 2.31. The van der Waals surface area contributed by atoms with Crippen molar-refractivity contribution < 1.29 is 0 Å². The molecule has 0 atom stereocenters. The number of aryl methyl sites for hydroxylation is 1. The zero-order valence-electron chi connectivity index (χ0n) is 9.34. The minimum atomic E-state index is 0.510. The average molecular weight is 241 g/mol. The van der Waals surface area contributed by atoms with Crippen molar-refractivity contribution in [2.45, 2.75) is 16.8 Å². The van der Waals surface area contributed by atoms with Crippen molar-refractivity contribution in [1.82, 2.24) is 4.98 Å². The first kappa shape index (κ1) is 11.5. The maximum Gasteiger partial charge on any atom is 0.119 e. The predicted molar refractivity (Wildman–Crippen MR) is 68.7 cm³/mol. The van der Waals surface area contributed by atoms with E-state index in [9.17, 15) is 0 Å². The van der Waals surface area contributed by atoms with Crippen LogP contribution in [0.1, 0.15) is 11.1 Å². The summed E-state index contributed by atoms with van der Waals surface area (Å²) < 4.78 is 0. The van der Waals surface area contributed by atoms with E-state index in [4.69, 9.17) is 11.0 Å². The summed E-state index contributed by atoms with van der Waals surface area (Å²) in [7, 11) is 0. The number of hydrogen-bond donors (Lipinski definition) is 1.